The van der Waals surface area contributed by atoms with E-state index in [1.807, 2.05) is 6.92 Å². The maximum Gasteiger partial charge on any atom is 0.319 e. The number of carbonyl (C=O) groups is 2. The second-order valence-electron chi connectivity index (χ2n) is 7.35. The van der Waals surface area contributed by atoms with E-state index in [-0.39, 0.29) is 18.7 Å². The Morgan fingerprint density at radius 3 is 2.47 bits per heavy atom. The second kappa shape index (κ2) is 11.2. The number of nitrogens with zero attached hydrogens (tertiary/aromatic N) is 1. The number of rotatable bonds is 9. The predicted molar refractivity (Wildman–Crippen MR) is 128 cm³/mol. The Morgan fingerprint density at radius 1 is 1.12 bits per heavy atom. The molecule has 2 aromatic carbocycles. The van der Waals surface area contributed by atoms with Crippen molar-refractivity contribution in [2.45, 2.75) is 25.9 Å². The number of benzene rings is 2. The molecular weight excluding hydrogens is 462 g/mol. The van der Waals surface area contributed by atoms with Crippen LogP contribution in [0.1, 0.15) is 30.5 Å². The predicted octanol–water partition coefficient (Wildman–Crippen LogP) is 3.99. The molecule has 3 aromatic rings. The number of carbonyl (C=O) groups excluding carboxylic acids is 1. The maximum atomic E-state index is 12.9. The van der Waals surface area contributed by atoms with Gasteiger partial charge < -0.3 is 30.2 Å². The normalized spacial score (nSPS) is 11.5. The van der Waals surface area contributed by atoms with Gasteiger partial charge in [0.25, 0.3) is 5.56 Å². The summed E-state index contributed by atoms with van der Waals surface area (Å²) in [4.78, 5) is 36.9. The SMILES string of the molecule is CCOc1ccc([C@H](CC(=O)O)NC(=O)Nc2c(O)ccn(Cc3ccccc3Cl)c2=O)cc1. The molecule has 0 fully saturated rings. The third-order valence-electron chi connectivity index (χ3n) is 4.96. The van der Waals surface area contributed by atoms with Crippen LogP contribution in [0.15, 0.2) is 65.6 Å². The molecule has 0 saturated heterocycles. The first-order valence-corrected chi connectivity index (χ1v) is 10.8. The first-order chi connectivity index (χ1) is 16.3. The average molecular weight is 486 g/mol. The van der Waals surface area contributed by atoms with Crippen LogP contribution in [0, 0.1) is 0 Å². The van der Waals surface area contributed by atoms with E-state index >= 15 is 0 Å². The van der Waals surface area contributed by atoms with E-state index in [1.165, 1.54) is 16.8 Å². The number of ether oxygens (including phenoxy) is 1. The van der Waals surface area contributed by atoms with Gasteiger partial charge in [0, 0.05) is 11.2 Å². The van der Waals surface area contributed by atoms with Gasteiger partial charge >= 0.3 is 12.0 Å². The largest absolute Gasteiger partial charge is 0.505 e. The van der Waals surface area contributed by atoms with Crippen LogP contribution in [0.2, 0.25) is 5.02 Å². The number of urea groups is 1. The molecule has 3 rings (SSSR count). The van der Waals surface area contributed by atoms with Crippen molar-refractivity contribution in [3.05, 3.63) is 87.3 Å². The van der Waals surface area contributed by atoms with Gasteiger partial charge in [0.05, 0.1) is 25.6 Å². The number of pyridine rings is 1. The van der Waals surface area contributed by atoms with Gasteiger partial charge in [-0.2, -0.15) is 0 Å². The molecule has 0 saturated carbocycles. The van der Waals surface area contributed by atoms with E-state index in [0.717, 1.165) is 0 Å². The minimum absolute atomic E-state index is 0.128. The molecule has 178 valence electrons. The van der Waals surface area contributed by atoms with Crippen LogP contribution < -0.4 is 20.9 Å². The summed E-state index contributed by atoms with van der Waals surface area (Å²) in [6, 6.07) is 13.2. The molecule has 9 nitrogen and oxygen atoms in total. The number of aromatic hydroxyl groups is 1. The van der Waals surface area contributed by atoms with Crippen molar-refractivity contribution in [2.24, 2.45) is 0 Å². The summed E-state index contributed by atoms with van der Waals surface area (Å²) in [5.41, 5.74) is 0.234. The lowest BCUT2D eigenvalue weighted by atomic mass is 10.0. The van der Waals surface area contributed by atoms with Crippen LogP contribution in [-0.4, -0.2) is 33.4 Å². The fraction of sp³-hybridized carbons (Fsp3) is 0.208. The Kier molecular flexibility index (Phi) is 8.15. The number of hydrogen-bond donors (Lipinski definition) is 4. The van der Waals surface area contributed by atoms with Crippen LogP contribution in [0.3, 0.4) is 0 Å². The summed E-state index contributed by atoms with van der Waals surface area (Å²) in [5, 5.41) is 24.8. The quantitative estimate of drug-likeness (QED) is 0.362. The van der Waals surface area contributed by atoms with Crippen LogP contribution in [0.25, 0.3) is 0 Å². The molecule has 1 atom stereocenters. The van der Waals surface area contributed by atoms with Gasteiger partial charge in [-0.3, -0.25) is 9.59 Å². The molecule has 0 aliphatic heterocycles. The summed E-state index contributed by atoms with van der Waals surface area (Å²) < 4.78 is 6.67. The van der Waals surface area contributed by atoms with Crippen molar-refractivity contribution in [1.82, 2.24) is 9.88 Å². The lowest BCUT2D eigenvalue weighted by Gasteiger charge is -2.19. The van der Waals surface area contributed by atoms with E-state index < -0.39 is 29.4 Å². The van der Waals surface area contributed by atoms with E-state index in [9.17, 15) is 24.6 Å². The molecule has 4 N–H and O–H groups in total. The van der Waals surface area contributed by atoms with E-state index in [2.05, 4.69) is 10.6 Å². The smallest absolute Gasteiger partial charge is 0.319 e. The summed E-state index contributed by atoms with van der Waals surface area (Å²) in [6.07, 6.45) is 0.996. The Balaban J connectivity index is 1.79. The van der Waals surface area contributed by atoms with Gasteiger partial charge in [-0.05, 0) is 42.3 Å². The molecule has 1 aromatic heterocycles. The highest BCUT2D eigenvalue weighted by atomic mass is 35.5. The molecule has 0 unspecified atom stereocenters. The number of anilines is 1. The van der Waals surface area contributed by atoms with Crippen LogP contribution in [-0.2, 0) is 11.3 Å². The topological polar surface area (TPSA) is 130 Å². The van der Waals surface area contributed by atoms with Crippen LogP contribution in [0.4, 0.5) is 10.5 Å². The van der Waals surface area contributed by atoms with Gasteiger partial charge in [0.15, 0.2) is 5.69 Å². The fourth-order valence-corrected chi connectivity index (χ4v) is 3.51. The molecule has 0 aliphatic rings. The van der Waals surface area contributed by atoms with Gasteiger partial charge in [-0.15, -0.1) is 0 Å². The van der Waals surface area contributed by atoms with Crippen molar-refractivity contribution in [3.63, 3.8) is 0 Å². The van der Waals surface area contributed by atoms with Crippen LogP contribution in [0.5, 0.6) is 11.5 Å². The summed E-state index contributed by atoms with van der Waals surface area (Å²) in [5.74, 6) is -0.937. The van der Waals surface area contributed by atoms with Gasteiger partial charge in [-0.1, -0.05) is 41.9 Å². The molecule has 0 radical (unpaired) electrons. The van der Waals surface area contributed by atoms with Crippen molar-refractivity contribution in [3.8, 4) is 11.5 Å². The number of aromatic nitrogens is 1. The Labute approximate surface area is 200 Å². The number of nitrogens with one attached hydrogen (secondary N) is 2. The van der Waals surface area contributed by atoms with Crippen LogP contribution >= 0.6 is 11.6 Å². The number of halogens is 1. The van der Waals surface area contributed by atoms with E-state index in [0.29, 0.717) is 28.5 Å². The molecule has 34 heavy (non-hydrogen) atoms. The van der Waals surface area contributed by atoms with Crippen molar-refractivity contribution in [2.75, 3.05) is 11.9 Å². The summed E-state index contributed by atoms with van der Waals surface area (Å²) >= 11 is 6.17. The zero-order valence-electron chi connectivity index (χ0n) is 18.3. The molecule has 0 spiro atoms. The highest BCUT2D eigenvalue weighted by Crippen LogP contribution is 2.23. The molecule has 2 amide bonds. The summed E-state index contributed by atoms with van der Waals surface area (Å²) in [6.45, 7) is 2.45. The monoisotopic (exact) mass is 485 g/mol. The number of carboxylic acid groups (broad SMARTS) is 1. The third kappa shape index (κ3) is 6.29. The minimum atomic E-state index is -1.12. The Morgan fingerprint density at radius 2 is 1.82 bits per heavy atom. The highest BCUT2D eigenvalue weighted by Gasteiger charge is 2.20. The molecule has 0 bridgehead atoms. The van der Waals surface area contributed by atoms with Gasteiger partial charge in [0.1, 0.15) is 11.5 Å². The molecular formula is C24H24ClN3O6. The zero-order valence-corrected chi connectivity index (χ0v) is 19.1. The van der Waals surface area contributed by atoms with E-state index in [1.54, 1.807) is 48.5 Å². The lowest BCUT2D eigenvalue weighted by molar-refractivity contribution is -0.137. The summed E-state index contributed by atoms with van der Waals surface area (Å²) in [7, 11) is 0. The third-order valence-corrected chi connectivity index (χ3v) is 5.33. The molecule has 10 heteroatoms. The van der Waals surface area contributed by atoms with Crippen molar-refractivity contribution < 1.29 is 24.5 Å². The van der Waals surface area contributed by atoms with Crippen molar-refractivity contribution >= 4 is 29.3 Å². The molecule has 1 heterocycles. The Bertz CT molecular complexity index is 1230. The second-order valence-corrected chi connectivity index (χ2v) is 7.76. The number of aliphatic carboxylic acids is 1. The van der Waals surface area contributed by atoms with E-state index in [4.69, 9.17) is 16.3 Å². The number of carboxylic acids is 1. The Hall–Kier alpha value is -3.98. The number of hydrogen-bond acceptors (Lipinski definition) is 5. The minimum Gasteiger partial charge on any atom is -0.505 e. The first kappa shape index (κ1) is 24.7. The fourth-order valence-electron chi connectivity index (χ4n) is 3.31. The standard InChI is InChI=1S/C24H24ClN3O6/c1-2-34-17-9-7-15(8-10-17)19(13-21(30)31)26-24(33)27-22-20(29)11-12-28(23(22)32)14-16-5-3-4-6-18(16)25/h3-12,19,29H,2,13-14H2,1H3,(H,30,31)(H2,26,27,33)/t19-/m0/s1. The van der Waals surface area contributed by atoms with Gasteiger partial charge in [-0.25, -0.2) is 4.79 Å². The lowest BCUT2D eigenvalue weighted by Crippen LogP contribution is -2.36. The van der Waals surface area contributed by atoms with Crippen molar-refractivity contribution in [1.29, 1.82) is 0 Å². The average Bonchev–Trinajstić information content (AvgIpc) is 2.80. The highest BCUT2D eigenvalue weighted by molar-refractivity contribution is 6.31. The first-order valence-electron chi connectivity index (χ1n) is 10.5. The van der Waals surface area contributed by atoms with Gasteiger partial charge in [0.2, 0.25) is 0 Å². The zero-order chi connectivity index (χ0) is 24.7. The number of amides is 2. The maximum absolute atomic E-state index is 12.9. The molecule has 0 aliphatic carbocycles.